The Balaban J connectivity index is 1.14. The van der Waals surface area contributed by atoms with Crippen molar-refractivity contribution < 1.29 is 114 Å². The van der Waals surface area contributed by atoms with Gasteiger partial charge in [0.25, 0.3) is 0 Å². The summed E-state index contributed by atoms with van der Waals surface area (Å²) in [5, 5.41) is 133. The largest absolute Gasteiger partial charge is 0.479 e. The van der Waals surface area contributed by atoms with Gasteiger partial charge >= 0.3 is 17.9 Å². The minimum Gasteiger partial charge on any atom is -0.479 e. The average Bonchev–Trinajstić information content (AvgIpc) is 3.19. The summed E-state index contributed by atoms with van der Waals surface area (Å²) in [6.45, 7) is 19.0. The van der Waals surface area contributed by atoms with Gasteiger partial charge in [0, 0.05) is 16.6 Å². The van der Waals surface area contributed by atoms with E-state index in [1.165, 1.54) is 0 Å². The van der Waals surface area contributed by atoms with Gasteiger partial charge in [0.2, 0.25) is 5.79 Å². The second-order valence-corrected chi connectivity index (χ2v) is 26.1. The number of aliphatic hydroxyl groups excluding tert-OH is 10. The second-order valence-electron chi connectivity index (χ2n) is 26.1. The number of carboxylic acid groups (broad SMARTS) is 1. The van der Waals surface area contributed by atoms with Crippen molar-refractivity contribution in [2.75, 3.05) is 19.8 Å². The molecule has 12 N–H and O–H groups in total. The van der Waals surface area contributed by atoms with E-state index in [9.17, 15) is 75.7 Å². The number of carbonyl (C=O) groups is 3. The number of hydrogen-bond acceptors (Lipinski definition) is 22. The molecule has 0 radical (unpaired) electrons. The van der Waals surface area contributed by atoms with Gasteiger partial charge in [-0.05, 0) is 112 Å². The highest BCUT2D eigenvalue weighted by molar-refractivity contribution is 5.89. The molecule has 8 unspecified atom stereocenters. The molecule has 4 saturated carbocycles. The Labute approximate surface area is 466 Å². The van der Waals surface area contributed by atoms with Crippen molar-refractivity contribution >= 4 is 17.9 Å². The Kier molecular flexibility index (Phi) is 17.7. The number of fused-ring (bicyclic) bond motifs is 7. The van der Waals surface area contributed by atoms with E-state index in [2.05, 4.69) is 26.8 Å². The second kappa shape index (κ2) is 22.4. The summed E-state index contributed by atoms with van der Waals surface area (Å²) < 4.78 is 48.4. The summed E-state index contributed by atoms with van der Waals surface area (Å²) >= 11 is 0. The normalized spacial score (nSPS) is 49.0. The molecule has 0 aromatic heterocycles. The van der Waals surface area contributed by atoms with Crippen LogP contribution >= 0.6 is 0 Å². The maximum atomic E-state index is 13.8. The Hall–Kier alpha value is -3.05. The number of carbonyl (C=O) groups excluding carboxylic acids is 2. The molecule has 454 valence electrons. The van der Waals surface area contributed by atoms with Crippen molar-refractivity contribution in [1.29, 1.82) is 0 Å². The van der Waals surface area contributed by atoms with Gasteiger partial charge < -0.3 is 99.2 Å². The predicted octanol–water partition coefficient (Wildman–Crippen LogP) is 0.612. The quantitative estimate of drug-likeness (QED) is 0.0373. The maximum Gasteiger partial charge on any atom is 0.335 e. The summed E-state index contributed by atoms with van der Waals surface area (Å²) in [6.07, 6.45) is -21.7. The van der Waals surface area contributed by atoms with Crippen molar-refractivity contribution in [2.24, 2.45) is 50.2 Å². The van der Waals surface area contributed by atoms with Gasteiger partial charge in [-0.2, -0.15) is 0 Å². The lowest BCUT2D eigenvalue weighted by molar-refractivity contribution is -0.452. The molecular weight excluding hydrogens is 1050 g/mol. The number of rotatable bonds is 14. The summed E-state index contributed by atoms with van der Waals surface area (Å²) in [5.41, 5.74) is -3.01. The zero-order chi connectivity index (χ0) is 59.4. The van der Waals surface area contributed by atoms with E-state index in [1.807, 2.05) is 27.7 Å². The van der Waals surface area contributed by atoms with Crippen LogP contribution in [0.25, 0.3) is 0 Å². The van der Waals surface area contributed by atoms with E-state index in [0.29, 0.717) is 49.7 Å². The summed E-state index contributed by atoms with van der Waals surface area (Å²) in [6, 6.07) is 0. The highest BCUT2D eigenvalue weighted by Gasteiger charge is 2.74. The van der Waals surface area contributed by atoms with Gasteiger partial charge in [0.1, 0.15) is 54.9 Å². The van der Waals surface area contributed by atoms with Gasteiger partial charge in [0.15, 0.2) is 37.2 Å². The molecule has 8 aliphatic rings. The summed E-state index contributed by atoms with van der Waals surface area (Å²) in [5.74, 6) is -7.08. The van der Waals surface area contributed by atoms with Crippen LogP contribution in [0.5, 0.6) is 0 Å². The van der Waals surface area contributed by atoms with Crippen molar-refractivity contribution in [3.8, 4) is 0 Å². The van der Waals surface area contributed by atoms with Gasteiger partial charge in [-0.3, -0.25) is 0 Å². The van der Waals surface area contributed by atoms with Crippen LogP contribution in [0, 0.1) is 50.2 Å². The Morgan fingerprint density at radius 3 is 1.80 bits per heavy atom. The fourth-order valence-corrected chi connectivity index (χ4v) is 16.2. The van der Waals surface area contributed by atoms with Gasteiger partial charge in [0.05, 0.1) is 37.4 Å². The first-order valence-corrected chi connectivity index (χ1v) is 28.1. The number of aliphatic hydroxyl groups is 11. The number of ether oxygens (including phenoxy) is 8. The van der Waals surface area contributed by atoms with Gasteiger partial charge in [-0.15, -0.1) is 0 Å². The van der Waals surface area contributed by atoms with Crippen LogP contribution in [0.1, 0.15) is 121 Å². The highest BCUT2D eigenvalue weighted by atomic mass is 16.8. The lowest BCUT2D eigenvalue weighted by Crippen LogP contribution is -2.73. The van der Waals surface area contributed by atoms with Crippen LogP contribution in [0.2, 0.25) is 0 Å². The molecule has 0 bridgehead atoms. The highest BCUT2D eigenvalue weighted by Crippen LogP contribution is 2.76. The van der Waals surface area contributed by atoms with E-state index >= 15 is 0 Å². The van der Waals surface area contributed by atoms with Crippen LogP contribution in [-0.2, 0) is 52.3 Å². The molecule has 0 aromatic carbocycles. The average molecular weight is 1140 g/mol. The Morgan fingerprint density at radius 2 is 1.24 bits per heavy atom. The van der Waals surface area contributed by atoms with Gasteiger partial charge in [-0.25, -0.2) is 14.4 Å². The molecule has 25 atom stereocenters. The third-order valence-corrected chi connectivity index (χ3v) is 21.4. The first-order chi connectivity index (χ1) is 37.2. The van der Waals surface area contributed by atoms with Crippen LogP contribution < -0.4 is 0 Å². The molecule has 80 heavy (non-hydrogen) atoms. The number of aliphatic carboxylic acids is 1. The molecule has 7 fully saturated rings. The smallest absolute Gasteiger partial charge is 0.335 e. The number of esters is 2. The molecule has 0 spiro atoms. The minimum absolute atomic E-state index is 0.0224. The molecule has 5 aliphatic carbocycles. The zero-order valence-electron chi connectivity index (χ0n) is 47.7. The first kappa shape index (κ1) is 63.0. The topological polar surface area (TPSA) is 368 Å². The van der Waals surface area contributed by atoms with Crippen LogP contribution in [0.15, 0.2) is 34.9 Å². The zero-order valence-corrected chi connectivity index (χ0v) is 47.7. The number of carboxylic acids is 1. The van der Waals surface area contributed by atoms with E-state index in [4.69, 9.17) is 37.9 Å². The molecule has 23 heteroatoms. The molecule has 0 amide bonds. The number of hydrogen-bond donors (Lipinski definition) is 12. The first-order valence-electron chi connectivity index (χ1n) is 28.1. The molecule has 8 rings (SSSR count). The third-order valence-electron chi connectivity index (χ3n) is 21.4. The molecule has 3 aliphatic heterocycles. The fraction of sp³-hybridized carbons (Fsp3) is 0.842. The van der Waals surface area contributed by atoms with E-state index in [0.717, 1.165) is 5.57 Å². The Morgan fingerprint density at radius 1 is 0.675 bits per heavy atom. The van der Waals surface area contributed by atoms with Crippen LogP contribution in [0.3, 0.4) is 0 Å². The molecule has 23 nitrogen and oxygen atoms in total. The Bertz CT molecular complexity index is 2410. The number of allylic oxidation sites excluding steroid dienone is 4. The SMILES string of the molecule is C/C=C(/C)C(=O)O[C@H]1[C@H](OC(=O)/C(C)=C\C)[C@@]2(CO)C(CC1(C)C)C1=CCC3[C@@]4(C)CC[C@H](O[C@@H]5OC(C(=O)O)[C@@H](O)[C@@](O)(O[C@@H]6O[C@@H](CO)[C@@H](O)C6O)C5O[C@@H]5OC(CO)[C@H](O)[C@@H](O)C5O)C(C)(C)C4CC[C@@]3(C)[C@]1(C)C[C@H]2O. The lowest BCUT2D eigenvalue weighted by Gasteiger charge is -2.72. The van der Waals surface area contributed by atoms with Crippen molar-refractivity contribution in [1.82, 2.24) is 0 Å². The third kappa shape index (κ3) is 9.76. The molecule has 3 heterocycles. The summed E-state index contributed by atoms with van der Waals surface area (Å²) in [7, 11) is 0. The van der Waals surface area contributed by atoms with Crippen molar-refractivity contribution in [3.63, 3.8) is 0 Å². The molecule has 0 aromatic rings. The predicted molar refractivity (Wildman–Crippen MR) is 277 cm³/mol. The van der Waals surface area contributed by atoms with Crippen molar-refractivity contribution in [3.05, 3.63) is 34.9 Å². The van der Waals surface area contributed by atoms with Crippen molar-refractivity contribution in [2.45, 2.75) is 231 Å². The van der Waals surface area contributed by atoms with E-state index in [-0.39, 0.29) is 18.3 Å². The minimum atomic E-state index is -3.35. The van der Waals surface area contributed by atoms with Gasteiger partial charge in [-0.1, -0.05) is 72.3 Å². The summed E-state index contributed by atoms with van der Waals surface area (Å²) in [4.78, 5) is 40.3. The molecule has 3 saturated heterocycles. The van der Waals surface area contributed by atoms with E-state index in [1.54, 1.807) is 39.8 Å². The van der Waals surface area contributed by atoms with E-state index < -0.39 is 186 Å². The standard InChI is InChI=1S/C57H88O23/c1-12-25(3)46(70)77-42-43(78-47(71)26(4)13-2)56(24-60)28(20-51(42,5)6)27-14-15-32-53(9)18-17-34(52(7,8)31(53)16-19-54(32,10)55(27,11)21-33(56)61)75-50-44(79-48-39(66)37(64)35(62)29(22-58)73-48)57(72,41(67)40(76-50)45(68)69)80-49-38(65)36(63)30(23-59)74-49/h12-14,28-44,48-50,58-67,72H,15-24H2,1-11H3,(H,68,69)/b25-12-,26-13-/t28?,29?,30-,31?,32?,33+,34-,35-,36+,37+,38?,39?,40?,41+,42-,43-,44?,48-,49-,50+,53-,54+,55+,56-,57+/m0/s1. The maximum absolute atomic E-state index is 13.8. The lowest BCUT2D eigenvalue weighted by atomic mass is 9.33. The fourth-order valence-electron chi connectivity index (χ4n) is 16.2. The molecular formula is C57H88O23. The monoisotopic (exact) mass is 1140 g/mol. The van der Waals surface area contributed by atoms with Crippen LogP contribution in [-0.4, -0.2) is 209 Å². The van der Waals surface area contributed by atoms with Crippen LogP contribution in [0.4, 0.5) is 0 Å².